The highest BCUT2D eigenvalue weighted by Gasteiger charge is 2.09. The van der Waals surface area contributed by atoms with Gasteiger partial charge in [-0.15, -0.1) is 10.2 Å². The first-order chi connectivity index (χ1) is 9.78. The fraction of sp³-hybridized carbons (Fsp3) is 0.267. The minimum atomic E-state index is 0.566. The van der Waals surface area contributed by atoms with Crippen LogP contribution in [0.2, 0.25) is 0 Å². The van der Waals surface area contributed by atoms with E-state index in [-0.39, 0.29) is 0 Å². The van der Waals surface area contributed by atoms with Crippen molar-refractivity contribution in [3.05, 3.63) is 35.9 Å². The van der Waals surface area contributed by atoms with Gasteiger partial charge < -0.3 is 10.1 Å². The van der Waals surface area contributed by atoms with Gasteiger partial charge in [0.25, 0.3) is 0 Å². The lowest BCUT2D eigenvalue weighted by Gasteiger charge is -2.08. The Hall–Kier alpha value is -2.61. The molecule has 1 aromatic carbocycles. The van der Waals surface area contributed by atoms with Gasteiger partial charge in [-0.3, -0.25) is 0 Å². The number of ether oxygens (including phenoxy) is 1. The molecule has 0 saturated carbocycles. The Morgan fingerprint density at radius 3 is 2.70 bits per heavy atom. The van der Waals surface area contributed by atoms with Crippen molar-refractivity contribution in [3.63, 3.8) is 0 Å². The van der Waals surface area contributed by atoms with Crippen LogP contribution in [0.4, 0.5) is 5.82 Å². The molecule has 0 aliphatic heterocycles. The quantitative estimate of drug-likeness (QED) is 0.902. The molecule has 0 aliphatic rings. The topological polar surface area (TPSA) is 70.8 Å². The van der Waals surface area contributed by atoms with Crippen LogP contribution in [0, 0.1) is 11.3 Å². The van der Waals surface area contributed by atoms with Crippen LogP contribution < -0.4 is 10.1 Å². The predicted molar refractivity (Wildman–Crippen MR) is 77.5 cm³/mol. The van der Waals surface area contributed by atoms with Crippen molar-refractivity contribution in [2.75, 3.05) is 19.0 Å². The van der Waals surface area contributed by atoms with Gasteiger partial charge in [0.2, 0.25) is 0 Å². The van der Waals surface area contributed by atoms with Crippen molar-refractivity contribution in [1.29, 1.82) is 5.26 Å². The number of rotatable bonds is 5. The van der Waals surface area contributed by atoms with Crippen LogP contribution in [0.3, 0.4) is 0 Å². The first-order valence-corrected chi connectivity index (χ1v) is 6.44. The van der Waals surface area contributed by atoms with Crippen molar-refractivity contribution in [2.45, 2.75) is 13.3 Å². The van der Waals surface area contributed by atoms with E-state index in [4.69, 9.17) is 10.00 Å². The molecule has 0 amide bonds. The van der Waals surface area contributed by atoms with Crippen LogP contribution in [0.1, 0.15) is 18.9 Å². The highest BCUT2D eigenvalue weighted by atomic mass is 16.5. The molecule has 1 aromatic heterocycles. The Labute approximate surface area is 118 Å². The number of methoxy groups -OCH3 is 1. The third-order valence-electron chi connectivity index (χ3n) is 2.83. The summed E-state index contributed by atoms with van der Waals surface area (Å²) < 4.78 is 5.30. The monoisotopic (exact) mass is 268 g/mol. The molecule has 20 heavy (non-hydrogen) atoms. The summed E-state index contributed by atoms with van der Waals surface area (Å²) in [6, 6.07) is 11.1. The van der Waals surface area contributed by atoms with Gasteiger partial charge >= 0.3 is 0 Å². The van der Waals surface area contributed by atoms with Crippen LogP contribution in [-0.2, 0) is 0 Å². The van der Waals surface area contributed by atoms with E-state index >= 15 is 0 Å². The molecular formula is C15H16N4O. The highest BCUT2D eigenvalue weighted by molar-refractivity contribution is 5.69. The van der Waals surface area contributed by atoms with E-state index in [9.17, 15) is 0 Å². The maximum Gasteiger partial charge on any atom is 0.148 e. The molecule has 5 nitrogen and oxygen atoms in total. The minimum absolute atomic E-state index is 0.566. The molecule has 1 N–H and O–H groups in total. The minimum Gasteiger partial charge on any atom is -0.496 e. The van der Waals surface area contributed by atoms with Gasteiger partial charge in [0.05, 0.1) is 24.4 Å². The average molecular weight is 268 g/mol. The number of benzene rings is 1. The SMILES string of the molecule is CCCNc1ccc(-c2cc(C#N)ccc2OC)nn1. The van der Waals surface area contributed by atoms with Crippen molar-refractivity contribution >= 4 is 5.82 Å². The van der Waals surface area contributed by atoms with Crippen LogP contribution in [-0.4, -0.2) is 23.9 Å². The van der Waals surface area contributed by atoms with E-state index in [1.165, 1.54) is 0 Å². The lowest BCUT2D eigenvalue weighted by Crippen LogP contribution is -2.03. The summed E-state index contributed by atoms with van der Waals surface area (Å²) in [4.78, 5) is 0. The van der Waals surface area contributed by atoms with Gasteiger partial charge in [0.15, 0.2) is 0 Å². The van der Waals surface area contributed by atoms with Crippen LogP contribution >= 0.6 is 0 Å². The average Bonchev–Trinajstić information content (AvgIpc) is 2.52. The standard InChI is InChI=1S/C15H16N4O/c1-3-8-17-15-7-5-13(18-19-15)12-9-11(10-16)4-6-14(12)20-2/h4-7,9H,3,8H2,1-2H3,(H,17,19). The van der Waals surface area contributed by atoms with E-state index in [2.05, 4.69) is 28.5 Å². The molecule has 0 unspecified atom stereocenters. The summed E-state index contributed by atoms with van der Waals surface area (Å²) in [5, 5.41) is 20.5. The third kappa shape index (κ3) is 3.04. The van der Waals surface area contributed by atoms with E-state index in [1.807, 2.05) is 12.1 Å². The number of nitrogens with zero attached hydrogens (tertiary/aromatic N) is 3. The Balaban J connectivity index is 2.33. The molecule has 0 radical (unpaired) electrons. The van der Waals surface area contributed by atoms with E-state index < -0.39 is 0 Å². The number of hydrogen-bond donors (Lipinski definition) is 1. The molecule has 1 heterocycles. The second-order valence-electron chi connectivity index (χ2n) is 4.26. The van der Waals surface area contributed by atoms with Crippen molar-refractivity contribution < 1.29 is 4.74 Å². The molecule has 5 heteroatoms. The van der Waals surface area contributed by atoms with Gasteiger partial charge in [0.1, 0.15) is 11.6 Å². The first-order valence-electron chi connectivity index (χ1n) is 6.44. The summed E-state index contributed by atoms with van der Waals surface area (Å²) in [7, 11) is 1.59. The number of nitrogens with one attached hydrogen (secondary N) is 1. The largest absolute Gasteiger partial charge is 0.496 e. The smallest absolute Gasteiger partial charge is 0.148 e. The van der Waals surface area contributed by atoms with Crippen molar-refractivity contribution in [1.82, 2.24) is 10.2 Å². The number of hydrogen-bond acceptors (Lipinski definition) is 5. The molecule has 2 rings (SSSR count). The van der Waals surface area contributed by atoms with Gasteiger partial charge in [0, 0.05) is 12.1 Å². The summed E-state index contributed by atoms with van der Waals surface area (Å²) in [6.45, 7) is 2.95. The molecule has 102 valence electrons. The normalized spacial score (nSPS) is 9.85. The molecule has 0 saturated heterocycles. The second-order valence-corrected chi connectivity index (χ2v) is 4.26. The highest BCUT2D eigenvalue weighted by Crippen LogP contribution is 2.29. The van der Waals surface area contributed by atoms with Crippen LogP contribution in [0.15, 0.2) is 30.3 Å². The van der Waals surface area contributed by atoms with E-state index in [1.54, 1.807) is 25.3 Å². The maximum absolute atomic E-state index is 8.98. The van der Waals surface area contributed by atoms with Crippen LogP contribution in [0.25, 0.3) is 11.3 Å². The second kappa shape index (κ2) is 6.53. The molecular weight excluding hydrogens is 252 g/mol. The maximum atomic E-state index is 8.98. The zero-order valence-corrected chi connectivity index (χ0v) is 11.6. The molecule has 0 bridgehead atoms. The third-order valence-corrected chi connectivity index (χ3v) is 2.83. The van der Waals surface area contributed by atoms with E-state index in [0.717, 1.165) is 24.3 Å². The number of aromatic nitrogens is 2. The summed E-state index contributed by atoms with van der Waals surface area (Å²) in [5.41, 5.74) is 2.01. The van der Waals surface area contributed by atoms with Crippen LogP contribution in [0.5, 0.6) is 5.75 Å². The van der Waals surface area contributed by atoms with Gasteiger partial charge in [-0.1, -0.05) is 6.92 Å². The fourth-order valence-electron chi connectivity index (χ4n) is 1.80. The van der Waals surface area contributed by atoms with Gasteiger partial charge in [-0.2, -0.15) is 5.26 Å². The lowest BCUT2D eigenvalue weighted by molar-refractivity contribution is 0.416. The Morgan fingerprint density at radius 2 is 2.10 bits per heavy atom. The number of nitriles is 1. The molecule has 0 spiro atoms. The van der Waals surface area contributed by atoms with Crippen molar-refractivity contribution in [3.8, 4) is 23.1 Å². The number of anilines is 1. The first kappa shape index (κ1) is 13.8. The van der Waals surface area contributed by atoms with E-state index in [0.29, 0.717) is 17.0 Å². The lowest BCUT2D eigenvalue weighted by atomic mass is 10.1. The Kier molecular flexibility index (Phi) is 4.51. The molecule has 0 aliphatic carbocycles. The Morgan fingerprint density at radius 1 is 1.25 bits per heavy atom. The summed E-state index contributed by atoms with van der Waals surface area (Å²) >= 11 is 0. The van der Waals surface area contributed by atoms with Gasteiger partial charge in [-0.25, -0.2) is 0 Å². The summed E-state index contributed by atoms with van der Waals surface area (Å²) in [6.07, 6.45) is 1.03. The summed E-state index contributed by atoms with van der Waals surface area (Å²) in [5.74, 6) is 1.42. The van der Waals surface area contributed by atoms with Crippen molar-refractivity contribution in [2.24, 2.45) is 0 Å². The zero-order chi connectivity index (χ0) is 14.4. The Bertz CT molecular complexity index is 617. The molecule has 0 fully saturated rings. The molecule has 0 atom stereocenters. The molecule has 2 aromatic rings. The predicted octanol–water partition coefficient (Wildman–Crippen LogP) is 2.85. The zero-order valence-electron chi connectivity index (χ0n) is 11.6. The van der Waals surface area contributed by atoms with Gasteiger partial charge in [-0.05, 0) is 36.8 Å². The fourth-order valence-corrected chi connectivity index (χ4v) is 1.80.